The quantitative estimate of drug-likeness (QED) is 0.690. The molecule has 0 saturated carbocycles. The van der Waals surface area contributed by atoms with Crippen LogP contribution in [0, 0.1) is 13.8 Å². The third kappa shape index (κ3) is 2.82. The van der Waals surface area contributed by atoms with Crippen molar-refractivity contribution in [2.75, 3.05) is 0 Å². The summed E-state index contributed by atoms with van der Waals surface area (Å²) in [5.74, 6) is 2.59. The number of nitrogens with zero attached hydrogens (tertiary/aromatic N) is 5. The van der Waals surface area contributed by atoms with E-state index in [1.165, 1.54) is 11.8 Å². The Hall–Kier alpha value is -2.15. The lowest BCUT2D eigenvalue weighted by Gasteiger charge is -1.99. The van der Waals surface area contributed by atoms with E-state index in [0.29, 0.717) is 17.5 Å². The van der Waals surface area contributed by atoms with Crippen molar-refractivity contribution < 1.29 is 4.42 Å². The fourth-order valence-electron chi connectivity index (χ4n) is 1.87. The Morgan fingerprint density at radius 3 is 2.62 bits per heavy atom. The van der Waals surface area contributed by atoms with E-state index in [-0.39, 0.29) is 0 Å². The highest BCUT2D eigenvalue weighted by Crippen LogP contribution is 2.25. The van der Waals surface area contributed by atoms with Crippen molar-refractivity contribution in [3.8, 4) is 11.5 Å². The summed E-state index contributed by atoms with van der Waals surface area (Å²) in [5.41, 5.74) is 2.08. The second kappa shape index (κ2) is 5.69. The van der Waals surface area contributed by atoms with Gasteiger partial charge in [-0.1, -0.05) is 30.0 Å². The zero-order valence-electron chi connectivity index (χ0n) is 12.1. The smallest absolute Gasteiger partial charge is 0.248 e. The largest absolute Gasteiger partial charge is 0.420 e. The second-order valence-electron chi connectivity index (χ2n) is 4.69. The van der Waals surface area contributed by atoms with Crippen LogP contribution >= 0.6 is 11.8 Å². The summed E-state index contributed by atoms with van der Waals surface area (Å²) in [5, 5.41) is 17.2. The van der Waals surface area contributed by atoms with Crippen LogP contribution in [0.15, 0.2) is 33.8 Å². The highest BCUT2D eigenvalue weighted by atomic mass is 32.2. The minimum absolute atomic E-state index is 0.554. The molecule has 0 saturated heterocycles. The molecular weight excluding hydrogens is 286 g/mol. The van der Waals surface area contributed by atoms with Crippen molar-refractivity contribution in [3.05, 3.63) is 41.5 Å². The van der Waals surface area contributed by atoms with Crippen LogP contribution in [0.2, 0.25) is 0 Å². The Kier molecular flexibility index (Phi) is 3.74. The number of aryl methyl sites for hydroxylation is 2. The molecule has 0 spiro atoms. The van der Waals surface area contributed by atoms with Crippen LogP contribution in [0.5, 0.6) is 0 Å². The van der Waals surface area contributed by atoms with Crippen LogP contribution < -0.4 is 0 Å². The van der Waals surface area contributed by atoms with E-state index in [1.54, 1.807) is 0 Å². The predicted molar refractivity (Wildman–Crippen MR) is 79.8 cm³/mol. The number of thioether (sulfide) groups is 1. The van der Waals surface area contributed by atoms with Gasteiger partial charge in [0.1, 0.15) is 5.82 Å². The lowest BCUT2D eigenvalue weighted by Crippen LogP contribution is -1.93. The Labute approximate surface area is 126 Å². The van der Waals surface area contributed by atoms with Gasteiger partial charge in [-0.2, -0.15) is 0 Å². The summed E-state index contributed by atoms with van der Waals surface area (Å²) >= 11 is 1.53. The lowest BCUT2D eigenvalue weighted by atomic mass is 10.1. The van der Waals surface area contributed by atoms with E-state index in [9.17, 15) is 0 Å². The first-order valence-corrected chi connectivity index (χ1v) is 7.51. The fourth-order valence-corrected chi connectivity index (χ4v) is 2.67. The van der Waals surface area contributed by atoms with Crippen LogP contribution in [-0.2, 0) is 12.8 Å². The van der Waals surface area contributed by atoms with E-state index in [4.69, 9.17) is 4.42 Å². The Morgan fingerprint density at radius 2 is 1.90 bits per heavy atom. The maximum absolute atomic E-state index is 5.72. The van der Waals surface area contributed by atoms with Gasteiger partial charge in [0.2, 0.25) is 11.8 Å². The average molecular weight is 301 g/mol. The van der Waals surface area contributed by atoms with Crippen molar-refractivity contribution >= 4 is 11.8 Å². The third-order valence-corrected chi connectivity index (χ3v) is 4.22. The highest BCUT2D eigenvalue weighted by Gasteiger charge is 2.12. The summed E-state index contributed by atoms with van der Waals surface area (Å²) < 4.78 is 7.65. The molecule has 21 heavy (non-hydrogen) atoms. The molecule has 2 heterocycles. The molecule has 1 aromatic carbocycles. The van der Waals surface area contributed by atoms with Crippen molar-refractivity contribution in [1.82, 2.24) is 25.0 Å². The van der Waals surface area contributed by atoms with Gasteiger partial charge in [0.15, 0.2) is 5.16 Å². The maximum Gasteiger partial charge on any atom is 0.248 e. The van der Waals surface area contributed by atoms with Crippen molar-refractivity contribution in [3.63, 3.8) is 0 Å². The van der Waals surface area contributed by atoms with Crippen LogP contribution in [0.25, 0.3) is 11.5 Å². The molecule has 0 bridgehead atoms. The minimum Gasteiger partial charge on any atom is -0.420 e. The van der Waals surface area contributed by atoms with Gasteiger partial charge in [-0.3, -0.25) is 0 Å². The molecule has 2 aromatic heterocycles. The second-order valence-corrected chi connectivity index (χ2v) is 5.64. The first-order valence-electron chi connectivity index (χ1n) is 6.52. The molecule has 3 aromatic rings. The SMILES string of the molecule is Cc1ccccc1-c1nnc(CSc2nnc(C)n2C)o1. The molecule has 0 aliphatic heterocycles. The molecule has 3 rings (SSSR count). The third-order valence-electron chi connectivity index (χ3n) is 3.22. The maximum atomic E-state index is 5.72. The molecule has 0 N–H and O–H groups in total. The number of hydrogen-bond donors (Lipinski definition) is 0. The summed E-state index contributed by atoms with van der Waals surface area (Å²) in [6.45, 7) is 3.94. The first-order chi connectivity index (χ1) is 10.1. The number of hydrogen-bond acceptors (Lipinski definition) is 6. The Bertz CT molecular complexity index is 764. The van der Waals surface area contributed by atoms with Gasteiger partial charge in [0.25, 0.3) is 0 Å². The molecule has 108 valence electrons. The van der Waals surface area contributed by atoms with E-state index < -0.39 is 0 Å². The minimum atomic E-state index is 0.554. The summed E-state index contributed by atoms with van der Waals surface area (Å²) in [6.07, 6.45) is 0. The molecular formula is C14H15N5OS. The van der Waals surface area contributed by atoms with Gasteiger partial charge in [-0.15, -0.1) is 20.4 Å². The molecule has 7 heteroatoms. The zero-order chi connectivity index (χ0) is 14.8. The summed E-state index contributed by atoms with van der Waals surface area (Å²) in [6, 6.07) is 7.95. The number of aromatic nitrogens is 5. The van der Waals surface area contributed by atoms with Crippen molar-refractivity contribution in [1.29, 1.82) is 0 Å². The molecule has 0 aliphatic carbocycles. The molecule has 0 fully saturated rings. The van der Waals surface area contributed by atoms with Gasteiger partial charge in [-0.25, -0.2) is 0 Å². The molecule has 6 nitrogen and oxygen atoms in total. The number of rotatable bonds is 4. The molecule has 0 amide bonds. The van der Waals surface area contributed by atoms with Crippen molar-refractivity contribution in [2.45, 2.75) is 24.8 Å². The molecule has 0 aliphatic rings. The first kappa shape index (κ1) is 13.8. The lowest BCUT2D eigenvalue weighted by molar-refractivity contribution is 0.528. The van der Waals surface area contributed by atoms with Crippen LogP contribution in [-0.4, -0.2) is 25.0 Å². The summed E-state index contributed by atoms with van der Waals surface area (Å²) in [4.78, 5) is 0. The Morgan fingerprint density at radius 1 is 1.10 bits per heavy atom. The van der Waals surface area contributed by atoms with Crippen LogP contribution in [0.1, 0.15) is 17.3 Å². The fraction of sp³-hybridized carbons (Fsp3) is 0.286. The van der Waals surface area contributed by atoms with Gasteiger partial charge >= 0.3 is 0 Å². The van der Waals surface area contributed by atoms with Crippen molar-refractivity contribution in [2.24, 2.45) is 7.05 Å². The topological polar surface area (TPSA) is 69.6 Å². The van der Waals surface area contributed by atoms with E-state index in [0.717, 1.165) is 22.1 Å². The number of benzene rings is 1. The monoisotopic (exact) mass is 301 g/mol. The zero-order valence-corrected chi connectivity index (χ0v) is 12.9. The molecule has 0 atom stereocenters. The summed E-state index contributed by atoms with van der Waals surface area (Å²) in [7, 11) is 1.93. The predicted octanol–water partition coefficient (Wildman–Crippen LogP) is 2.77. The standard InChI is InChI=1S/C14H15N5OS/c1-9-6-4-5-7-11(9)13-17-16-12(20-13)8-21-14-18-15-10(2)19(14)3/h4-7H,8H2,1-3H3. The van der Waals surface area contributed by atoms with E-state index >= 15 is 0 Å². The Balaban J connectivity index is 1.74. The molecule has 0 unspecified atom stereocenters. The van der Waals surface area contributed by atoms with E-state index in [2.05, 4.69) is 20.4 Å². The van der Waals surface area contributed by atoms with Crippen LogP contribution in [0.4, 0.5) is 0 Å². The van der Waals surface area contributed by atoms with Gasteiger partial charge in [0, 0.05) is 12.6 Å². The van der Waals surface area contributed by atoms with E-state index in [1.807, 2.05) is 49.7 Å². The molecule has 0 radical (unpaired) electrons. The van der Waals surface area contributed by atoms with Gasteiger partial charge in [0.05, 0.1) is 5.75 Å². The average Bonchev–Trinajstić information content (AvgIpc) is 3.06. The van der Waals surface area contributed by atoms with Crippen LogP contribution in [0.3, 0.4) is 0 Å². The normalized spacial score (nSPS) is 11.0. The van der Waals surface area contributed by atoms with Gasteiger partial charge < -0.3 is 8.98 Å². The highest BCUT2D eigenvalue weighted by molar-refractivity contribution is 7.98. The van der Waals surface area contributed by atoms with Gasteiger partial charge in [-0.05, 0) is 25.5 Å².